The molecule has 0 atom stereocenters. The van der Waals surface area contributed by atoms with Gasteiger partial charge in [-0.1, -0.05) is 23.7 Å². The number of hydrogen-bond acceptors (Lipinski definition) is 5. The van der Waals surface area contributed by atoms with Gasteiger partial charge in [-0.15, -0.1) is 11.3 Å². The van der Waals surface area contributed by atoms with Crippen LogP contribution >= 0.6 is 22.9 Å². The van der Waals surface area contributed by atoms with Crippen molar-refractivity contribution in [3.05, 3.63) is 54.4 Å². The van der Waals surface area contributed by atoms with Gasteiger partial charge in [-0.25, -0.2) is 0 Å². The van der Waals surface area contributed by atoms with E-state index in [1.165, 1.54) is 4.57 Å². The third kappa shape index (κ3) is 4.12. The zero-order chi connectivity index (χ0) is 17.5. The fourth-order valence-corrected chi connectivity index (χ4v) is 3.31. The zero-order valence-electron chi connectivity index (χ0n) is 13.0. The maximum absolute atomic E-state index is 12.6. The van der Waals surface area contributed by atoms with Crippen LogP contribution in [0, 0.1) is 22.7 Å². The summed E-state index contributed by atoms with van der Waals surface area (Å²) in [7, 11) is 1.58. The van der Waals surface area contributed by atoms with E-state index < -0.39 is 0 Å². The number of methoxy groups -OCH3 is 1. The van der Waals surface area contributed by atoms with E-state index in [4.69, 9.17) is 26.9 Å². The van der Waals surface area contributed by atoms with Gasteiger partial charge in [0.1, 0.15) is 16.8 Å². The van der Waals surface area contributed by atoms with Gasteiger partial charge >= 0.3 is 0 Å². The van der Waals surface area contributed by atoms with E-state index in [1.807, 2.05) is 12.1 Å². The fourth-order valence-electron chi connectivity index (χ4n) is 2.11. The normalized spacial score (nSPS) is 11.1. The van der Waals surface area contributed by atoms with Crippen molar-refractivity contribution in [3.8, 4) is 12.1 Å². The van der Waals surface area contributed by atoms with E-state index in [9.17, 15) is 4.79 Å². The number of thiazole rings is 1. The van der Waals surface area contributed by atoms with Crippen LogP contribution in [-0.2, 0) is 11.3 Å². The quantitative estimate of drug-likeness (QED) is 0.760. The van der Waals surface area contributed by atoms with Crippen molar-refractivity contribution in [1.82, 2.24) is 4.57 Å². The highest BCUT2D eigenvalue weighted by Gasteiger charge is 2.09. The Kier molecular flexibility index (Phi) is 6.34. The highest BCUT2D eigenvalue weighted by Crippen LogP contribution is 2.09. The van der Waals surface area contributed by atoms with Crippen LogP contribution in [0.5, 0.6) is 0 Å². The lowest BCUT2D eigenvalue weighted by molar-refractivity contribution is 0.190. The number of aromatic nitrogens is 1. The van der Waals surface area contributed by atoms with E-state index in [0.29, 0.717) is 33.8 Å². The first-order chi connectivity index (χ1) is 11.6. The van der Waals surface area contributed by atoms with Gasteiger partial charge in [0.25, 0.3) is 5.56 Å². The number of benzene rings is 1. The molecule has 7 heteroatoms. The molecule has 0 bridgehead atoms. The highest BCUT2D eigenvalue weighted by molar-refractivity contribution is 7.07. The first kappa shape index (κ1) is 18.0. The lowest BCUT2D eigenvalue weighted by atomic mass is 10.2. The van der Waals surface area contributed by atoms with Crippen molar-refractivity contribution in [2.45, 2.75) is 13.0 Å². The molecule has 0 saturated carbocycles. The Hall–Kier alpha value is -2.38. The number of rotatable bonds is 5. The van der Waals surface area contributed by atoms with Gasteiger partial charge in [0, 0.05) is 25.3 Å². The minimum atomic E-state index is -0.218. The second-order valence-corrected chi connectivity index (χ2v) is 6.34. The number of hydrogen-bond donors (Lipinski definition) is 0. The standard InChI is InChI=1S/C17H14ClN3O2S/c1-23-8-2-7-21-16(22)15(24-17(21)13(10-19)11-20)9-12-3-5-14(18)6-4-12/h3-6,9H,2,7-8H2,1H3/b15-9-. The Labute approximate surface area is 147 Å². The molecule has 0 radical (unpaired) electrons. The van der Waals surface area contributed by atoms with E-state index in [2.05, 4.69) is 0 Å². The van der Waals surface area contributed by atoms with Crippen LogP contribution in [0.25, 0.3) is 11.6 Å². The van der Waals surface area contributed by atoms with E-state index in [1.54, 1.807) is 37.5 Å². The minimum Gasteiger partial charge on any atom is -0.385 e. The van der Waals surface area contributed by atoms with Crippen LogP contribution in [0.1, 0.15) is 12.0 Å². The number of halogens is 1. The summed E-state index contributed by atoms with van der Waals surface area (Å²) in [6.45, 7) is 0.881. The molecular weight excluding hydrogens is 346 g/mol. The molecule has 0 aliphatic rings. The molecule has 2 aromatic rings. The van der Waals surface area contributed by atoms with Crippen LogP contribution in [0.2, 0.25) is 5.02 Å². The number of nitriles is 2. The molecule has 0 fully saturated rings. The predicted molar refractivity (Wildman–Crippen MR) is 94.0 cm³/mol. The molecule has 24 heavy (non-hydrogen) atoms. The van der Waals surface area contributed by atoms with Crippen molar-refractivity contribution in [1.29, 1.82) is 10.5 Å². The van der Waals surface area contributed by atoms with Crippen LogP contribution in [0.4, 0.5) is 0 Å². The van der Waals surface area contributed by atoms with Crippen molar-refractivity contribution in [2.24, 2.45) is 0 Å². The summed E-state index contributed by atoms with van der Waals surface area (Å²) in [5, 5.41) is 18.9. The molecule has 1 aromatic carbocycles. The monoisotopic (exact) mass is 359 g/mol. The maximum Gasteiger partial charge on any atom is 0.269 e. The molecule has 122 valence electrons. The number of nitrogens with zero attached hydrogens (tertiary/aromatic N) is 3. The predicted octanol–water partition coefficient (Wildman–Crippen LogP) is 1.63. The van der Waals surface area contributed by atoms with E-state index in [-0.39, 0.29) is 11.1 Å². The molecule has 1 heterocycles. The molecule has 1 aromatic heterocycles. The summed E-state index contributed by atoms with van der Waals surface area (Å²) in [6.07, 6.45) is 2.34. The fraction of sp³-hybridized carbons (Fsp3) is 0.235. The van der Waals surface area contributed by atoms with Gasteiger partial charge in [-0.3, -0.25) is 9.36 Å². The Morgan fingerprint density at radius 2 is 2.00 bits per heavy atom. The number of ether oxygens (including phenoxy) is 1. The first-order valence-electron chi connectivity index (χ1n) is 7.11. The highest BCUT2D eigenvalue weighted by atomic mass is 35.5. The molecule has 0 saturated heterocycles. The minimum absolute atomic E-state index is 0.0646. The Morgan fingerprint density at radius 3 is 2.58 bits per heavy atom. The van der Waals surface area contributed by atoms with Crippen LogP contribution in [0.3, 0.4) is 0 Å². The summed E-state index contributed by atoms with van der Waals surface area (Å²) in [5.41, 5.74) is 0.540. The molecule has 0 unspecified atom stereocenters. The topological polar surface area (TPSA) is 78.8 Å². The summed E-state index contributed by atoms with van der Waals surface area (Å²) >= 11 is 7.00. The first-order valence-corrected chi connectivity index (χ1v) is 8.30. The van der Waals surface area contributed by atoms with Gasteiger partial charge in [-0.05, 0) is 30.2 Å². The third-order valence-electron chi connectivity index (χ3n) is 3.24. The van der Waals surface area contributed by atoms with Crippen LogP contribution in [0.15, 0.2) is 29.1 Å². The van der Waals surface area contributed by atoms with Crippen molar-refractivity contribution in [2.75, 3.05) is 13.7 Å². The van der Waals surface area contributed by atoms with E-state index in [0.717, 1.165) is 16.9 Å². The summed E-state index contributed by atoms with van der Waals surface area (Å²) < 4.78 is 7.31. The lowest BCUT2D eigenvalue weighted by Crippen LogP contribution is -2.32. The zero-order valence-corrected chi connectivity index (χ0v) is 14.5. The molecule has 0 amide bonds. The Bertz CT molecular complexity index is 959. The smallest absolute Gasteiger partial charge is 0.269 e. The molecule has 2 rings (SSSR count). The molecule has 0 spiro atoms. The largest absolute Gasteiger partial charge is 0.385 e. The Balaban J connectivity index is 2.64. The maximum atomic E-state index is 12.6. The summed E-state index contributed by atoms with van der Waals surface area (Å²) in [6, 6.07) is 10.8. The molecule has 0 N–H and O–H groups in total. The lowest BCUT2D eigenvalue weighted by Gasteiger charge is -2.01. The van der Waals surface area contributed by atoms with Crippen molar-refractivity contribution in [3.63, 3.8) is 0 Å². The SMILES string of the molecule is COCCCn1c(=C(C#N)C#N)s/c(=C\c2ccc(Cl)cc2)c1=O. The summed E-state index contributed by atoms with van der Waals surface area (Å²) in [4.78, 5) is 12.6. The molecular formula is C17H14ClN3O2S. The van der Waals surface area contributed by atoms with Gasteiger partial charge in [0.15, 0.2) is 5.57 Å². The summed E-state index contributed by atoms with van der Waals surface area (Å²) in [5.74, 6) is 0. The third-order valence-corrected chi connectivity index (χ3v) is 4.63. The van der Waals surface area contributed by atoms with Gasteiger partial charge in [-0.2, -0.15) is 10.5 Å². The Morgan fingerprint density at radius 1 is 1.33 bits per heavy atom. The van der Waals surface area contributed by atoms with Crippen molar-refractivity contribution >= 4 is 34.6 Å². The molecule has 5 nitrogen and oxygen atoms in total. The van der Waals surface area contributed by atoms with Gasteiger partial charge in [0.2, 0.25) is 0 Å². The molecule has 0 aliphatic heterocycles. The second-order valence-electron chi connectivity index (χ2n) is 4.87. The van der Waals surface area contributed by atoms with Gasteiger partial charge < -0.3 is 4.74 Å². The van der Waals surface area contributed by atoms with Gasteiger partial charge in [0.05, 0.1) is 4.53 Å². The average Bonchev–Trinajstić information content (AvgIpc) is 2.88. The molecule has 0 aliphatic carbocycles. The van der Waals surface area contributed by atoms with Crippen LogP contribution < -0.4 is 14.8 Å². The van der Waals surface area contributed by atoms with Crippen LogP contribution in [-0.4, -0.2) is 18.3 Å². The van der Waals surface area contributed by atoms with E-state index >= 15 is 0 Å². The second kappa shape index (κ2) is 8.47. The van der Waals surface area contributed by atoms with Crippen molar-refractivity contribution < 1.29 is 4.74 Å². The average molecular weight is 360 g/mol.